The molecule has 0 aliphatic carbocycles. The smallest absolute Gasteiger partial charge is 0.165 e. The summed E-state index contributed by atoms with van der Waals surface area (Å²) >= 11 is 0. The average molecular weight is 420 g/mol. The predicted molar refractivity (Wildman–Crippen MR) is 118 cm³/mol. The van der Waals surface area contributed by atoms with Crippen LogP contribution in [0.15, 0.2) is 66.7 Å². The molecule has 3 aromatic carbocycles. The summed E-state index contributed by atoms with van der Waals surface area (Å²) in [5.41, 5.74) is 3.95. The van der Waals surface area contributed by atoms with Gasteiger partial charge in [-0.25, -0.2) is 9.37 Å². The van der Waals surface area contributed by atoms with Crippen molar-refractivity contribution in [2.45, 2.75) is 33.1 Å². The first-order chi connectivity index (χ1) is 15.0. The summed E-state index contributed by atoms with van der Waals surface area (Å²) < 4.78 is 27.2. The summed E-state index contributed by atoms with van der Waals surface area (Å²) in [6, 6.07) is 19.9. The van der Waals surface area contributed by atoms with Gasteiger partial charge >= 0.3 is 0 Å². The Balaban J connectivity index is 1.51. The summed E-state index contributed by atoms with van der Waals surface area (Å²) in [6.07, 6.45) is -0.850. The fourth-order valence-electron chi connectivity index (χ4n) is 3.55. The molecule has 6 heteroatoms. The van der Waals surface area contributed by atoms with E-state index in [1.54, 1.807) is 12.1 Å². The minimum Gasteiger partial charge on any atom is -0.488 e. The molecule has 5 nitrogen and oxygen atoms in total. The Kier molecular flexibility index (Phi) is 6.18. The van der Waals surface area contributed by atoms with Gasteiger partial charge in [0.2, 0.25) is 0 Å². The number of imidazole rings is 1. The third-order valence-corrected chi connectivity index (χ3v) is 5.08. The molecule has 0 saturated carbocycles. The molecule has 0 spiro atoms. The summed E-state index contributed by atoms with van der Waals surface area (Å²) in [5.74, 6) is 1.17. The normalized spacial score (nSPS) is 12.1. The molecule has 1 aromatic heterocycles. The molecule has 1 heterocycles. The third-order valence-electron chi connectivity index (χ3n) is 5.08. The average Bonchev–Trinajstić information content (AvgIpc) is 3.10. The van der Waals surface area contributed by atoms with E-state index in [0.717, 1.165) is 22.3 Å². The fraction of sp³-hybridized carbons (Fsp3) is 0.240. The maximum absolute atomic E-state index is 13.8. The zero-order chi connectivity index (χ0) is 21.8. The number of nitrogens with zero attached hydrogens (tertiary/aromatic N) is 2. The zero-order valence-electron chi connectivity index (χ0n) is 17.6. The maximum atomic E-state index is 13.8. The van der Waals surface area contributed by atoms with Crippen molar-refractivity contribution in [3.63, 3.8) is 0 Å². The number of ether oxygens (including phenoxy) is 2. The van der Waals surface area contributed by atoms with Crippen LogP contribution >= 0.6 is 0 Å². The van der Waals surface area contributed by atoms with E-state index in [2.05, 4.69) is 11.1 Å². The summed E-state index contributed by atoms with van der Waals surface area (Å²) in [7, 11) is 0. The van der Waals surface area contributed by atoms with Crippen LogP contribution in [0, 0.1) is 19.7 Å². The molecule has 31 heavy (non-hydrogen) atoms. The number of aryl methyl sites for hydroxylation is 2. The van der Waals surface area contributed by atoms with Crippen molar-refractivity contribution in [2.75, 3.05) is 6.61 Å². The zero-order valence-corrected chi connectivity index (χ0v) is 17.6. The summed E-state index contributed by atoms with van der Waals surface area (Å²) in [4.78, 5) is 4.69. The Labute approximate surface area is 180 Å². The van der Waals surface area contributed by atoms with Crippen molar-refractivity contribution in [3.05, 3.63) is 89.5 Å². The van der Waals surface area contributed by atoms with E-state index in [-0.39, 0.29) is 25.5 Å². The van der Waals surface area contributed by atoms with Gasteiger partial charge in [-0.3, -0.25) is 0 Å². The van der Waals surface area contributed by atoms with Crippen molar-refractivity contribution in [3.8, 4) is 11.5 Å². The van der Waals surface area contributed by atoms with Crippen molar-refractivity contribution in [1.29, 1.82) is 0 Å². The Morgan fingerprint density at radius 2 is 1.74 bits per heavy atom. The Morgan fingerprint density at radius 1 is 0.968 bits per heavy atom. The van der Waals surface area contributed by atoms with Crippen LogP contribution in [0.1, 0.15) is 17.0 Å². The molecule has 0 amide bonds. The minimum atomic E-state index is -0.850. The van der Waals surface area contributed by atoms with Crippen molar-refractivity contribution < 1.29 is 19.0 Å². The van der Waals surface area contributed by atoms with Gasteiger partial charge in [0.25, 0.3) is 0 Å². The molecular weight excluding hydrogens is 395 g/mol. The first kappa shape index (κ1) is 20.9. The number of benzene rings is 3. The maximum Gasteiger partial charge on any atom is 0.165 e. The van der Waals surface area contributed by atoms with Crippen LogP contribution in [-0.4, -0.2) is 27.4 Å². The second-order valence-corrected chi connectivity index (χ2v) is 7.58. The SMILES string of the molecule is Cc1ccc(OCc2nc3ccccc3n2CC(O)COc2ccccc2F)c(C)c1. The molecule has 160 valence electrons. The molecule has 1 N–H and O–H groups in total. The molecule has 4 rings (SSSR count). The molecule has 1 atom stereocenters. The van der Waals surface area contributed by atoms with Crippen LogP contribution in [0.2, 0.25) is 0 Å². The van der Waals surface area contributed by atoms with Crippen LogP contribution in [0.4, 0.5) is 4.39 Å². The fourth-order valence-corrected chi connectivity index (χ4v) is 3.55. The predicted octanol–water partition coefficient (Wildman–Crippen LogP) is 4.81. The van der Waals surface area contributed by atoms with E-state index in [1.165, 1.54) is 17.7 Å². The van der Waals surface area contributed by atoms with Crippen molar-refractivity contribution in [2.24, 2.45) is 0 Å². The highest BCUT2D eigenvalue weighted by Gasteiger charge is 2.16. The molecule has 0 radical (unpaired) electrons. The molecule has 0 saturated heterocycles. The molecule has 0 aliphatic heterocycles. The first-order valence-electron chi connectivity index (χ1n) is 10.2. The van der Waals surface area contributed by atoms with Gasteiger partial charge in [-0.1, -0.05) is 42.0 Å². The number of para-hydroxylation sites is 3. The summed E-state index contributed by atoms with van der Waals surface area (Å²) in [6.45, 7) is 4.53. The van der Waals surface area contributed by atoms with Crippen LogP contribution < -0.4 is 9.47 Å². The molecule has 0 bridgehead atoms. The summed E-state index contributed by atoms with van der Waals surface area (Å²) in [5, 5.41) is 10.6. The van der Waals surface area contributed by atoms with Gasteiger partial charge in [-0.15, -0.1) is 0 Å². The minimum absolute atomic E-state index is 0.0369. The van der Waals surface area contributed by atoms with E-state index in [0.29, 0.717) is 5.82 Å². The van der Waals surface area contributed by atoms with Crippen molar-refractivity contribution >= 4 is 11.0 Å². The van der Waals surface area contributed by atoms with Gasteiger partial charge in [0, 0.05) is 0 Å². The van der Waals surface area contributed by atoms with E-state index < -0.39 is 11.9 Å². The first-order valence-corrected chi connectivity index (χ1v) is 10.2. The van der Waals surface area contributed by atoms with Gasteiger partial charge in [-0.2, -0.15) is 0 Å². The highest BCUT2D eigenvalue weighted by Crippen LogP contribution is 2.22. The molecule has 1 unspecified atom stereocenters. The number of hydrogen-bond donors (Lipinski definition) is 1. The van der Waals surface area contributed by atoms with Gasteiger partial charge in [0.1, 0.15) is 30.9 Å². The second kappa shape index (κ2) is 9.18. The number of fused-ring (bicyclic) bond motifs is 1. The van der Waals surface area contributed by atoms with E-state index >= 15 is 0 Å². The van der Waals surface area contributed by atoms with Crippen LogP contribution in [0.25, 0.3) is 11.0 Å². The highest BCUT2D eigenvalue weighted by molar-refractivity contribution is 5.75. The van der Waals surface area contributed by atoms with Crippen LogP contribution in [0.3, 0.4) is 0 Å². The largest absolute Gasteiger partial charge is 0.488 e. The number of aromatic nitrogens is 2. The molecule has 0 fully saturated rings. The Morgan fingerprint density at radius 3 is 2.55 bits per heavy atom. The van der Waals surface area contributed by atoms with Gasteiger partial charge in [0.05, 0.1) is 17.6 Å². The number of aliphatic hydroxyl groups is 1. The standard InChI is InChI=1S/C25H25FN2O3/c1-17-11-12-23(18(2)13-17)31-16-25-27-21-8-4-5-9-22(21)28(25)14-19(29)15-30-24-10-6-3-7-20(24)26/h3-13,19,29H,14-16H2,1-2H3. The molecular formula is C25H25FN2O3. The monoisotopic (exact) mass is 420 g/mol. The van der Waals surface area contributed by atoms with Crippen LogP contribution in [0.5, 0.6) is 11.5 Å². The van der Waals surface area contributed by atoms with Crippen molar-refractivity contribution in [1.82, 2.24) is 9.55 Å². The number of halogens is 1. The topological polar surface area (TPSA) is 56.5 Å². The Hall–Kier alpha value is -3.38. The van der Waals surface area contributed by atoms with E-state index in [4.69, 9.17) is 9.47 Å². The number of hydrogen-bond acceptors (Lipinski definition) is 4. The quantitative estimate of drug-likeness (QED) is 0.444. The van der Waals surface area contributed by atoms with Crippen LogP contribution in [-0.2, 0) is 13.2 Å². The third kappa shape index (κ3) is 4.86. The van der Waals surface area contributed by atoms with E-state index in [9.17, 15) is 9.50 Å². The van der Waals surface area contributed by atoms with Gasteiger partial charge in [-0.05, 0) is 49.7 Å². The number of rotatable bonds is 8. The lowest BCUT2D eigenvalue weighted by Crippen LogP contribution is -2.25. The molecule has 4 aromatic rings. The Bertz CT molecular complexity index is 1190. The lowest BCUT2D eigenvalue weighted by molar-refractivity contribution is 0.0898. The lowest BCUT2D eigenvalue weighted by atomic mass is 10.1. The van der Waals surface area contributed by atoms with E-state index in [1.807, 2.05) is 54.8 Å². The lowest BCUT2D eigenvalue weighted by Gasteiger charge is -2.16. The molecule has 0 aliphatic rings. The van der Waals surface area contributed by atoms with Gasteiger partial charge in [0.15, 0.2) is 11.6 Å². The highest BCUT2D eigenvalue weighted by atomic mass is 19.1. The number of aliphatic hydroxyl groups excluding tert-OH is 1. The second-order valence-electron chi connectivity index (χ2n) is 7.58. The van der Waals surface area contributed by atoms with Gasteiger partial charge < -0.3 is 19.1 Å².